The molecule has 10 heteroatoms. The molecule has 1 aromatic carbocycles. The summed E-state index contributed by atoms with van der Waals surface area (Å²) in [5.41, 5.74) is 5.17. The number of aromatic nitrogens is 2. The number of nitrogens with one attached hydrogen (secondary N) is 2. The molecule has 0 bridgehead atoms. The molecule has 29 heavy (non-hydrogen) atoms. The van der Waals surface area contributed by atoms with Gasteiger partial charge >= 0.3 is 5.84 Å². The molecular formula is C19H17F3N6O. The number of oxazole rings is 1. The summed E-state index contributed by atoms with van der Waals surface area (Å²) < 4.78 is 47.8. The predicted octanol–water partition coefficient (Wildman–Crippen LogP) is 3.93. The summed E-state index contributed by atoms with van der Waals surface area (Å²) in [6.07, 6.45) is 5.24. The lowest BCUT2D eigenvalue weighted by atomic mass is 10.1. The van der Waals surface area contributed by atoms with Gasteiger partial charge in [-0.15, -0.1) is 0 Å². The maximum absolute atomic E-state index is 14.3. The van der Waals surface area contributed by atoms with E-state index in [-0.39, 0.29) is 46.1 Å². The van der Waals surface area contributed by atoms with Crippen molar-refractivity contribution in [3.63, 3.8) is 0 Å². The van der Waals surface area contributed by atoms with Gasteiger partial charge in [0.25, 0.3) is 0 Å². The first-order chi connectivity index (χ1) is 13.7. The van der Waals surface area contributed by atoms with E-state index >= 15 is 0 Å². The van der Waals surface area contributed by atoms with E-state index < -0.39 is 17.5 Å². The minimum absolute atomic E-state index is 0.0365. The van der Waals surface area contributed by atoms with Crippen molar-refractivity contribution in [2.75, 3.05) is 0 Å². The van der Waals surface area contributed by atoms with Gasteiger partial charge in [0.1, 0.15) is 35.1 Å². The van der Waals surface area contributed by atoms with Crippen LogP contribution in [0.5, 0.6) is 0 Å². The molecule has 0 unspecified atom stereocenters. The summed E-state index contributed by atoms with van der Waals surface area (Å²) in [6, 6.07) is 1.08. The first-order valence-corrected chi connectivity index (χ1v) is 8.49. The van der Waals surface area contributed by atoms with Crippen LogP contribution in [-0.4, -0.2) is 26.8 Å². The molecule has 0 aliphatic carbocycles. The van der Waals surface area contributed by atoms with Crippen molar-refractivity contribution in [2.45, 2.75) is 13.8 Å². The van der Waals surface area contributed by atoms with Gasteiger partial charge in [-0.05, 0) is 18.2 Å². The fourth-order valence-electron chi connectivity index (χ4n) is 2.48. The molecule has 0 radical (unpaired) electrons. The minimum atomic E-state index is -1.33. The Morgan fingerprint density at radius 3 is 2.55 bits per heavy atom. The molecule has 0 saturated heterocycles. The Morgan fingerprint density at radius 1 is 1.17 bits per heavy atom. The second-order valence-electron chi connectivity index (χ2n) is 6.43. The van der Waals surface area contributed by atoms with E-state index in [0.717, 1.165) is 0 Å². The van der Waals surface area contributed by atoms with Crippen molar-refractivity contribution in [1.82, 2.24) is 9.38 Å². The average Bonchev–Trinajstić information content (AvgIpc) is 3.23. The molecule has 0 spiro atoms. The highest BCUT2D eigenvalue weighted by atomic mass is 19.2. The van der Waals surface area contributed by atoms with E-state index in [4.69, 9.17) is 21.0 Å². The van der Waals surface area contributed by atoms with Gasteiger partial charge in [0.15, 0.2) is 11.6 Å². The summed E-state index contributed by atoms with van der Waals surface area (Å²) in [7, 11) is 0. The van der Waals surface area contributed by atoms with Crippen LogP contribution in [0.1, 0.15) is 19.5 Å². The number of allylic oxidation sites excluding steroid dienone is 1. The van der Waals surface area contributed by atoms with Gasteiger partial charge < -0.3 is 10.2 Å². The Kier molecular flexibility index (Phi) is 5.35. The molecule has 2 heterocycles. The molecule has 0 fully saturated rings. The number of amidine groups is 2. The van der Waals surface area contributed by atoms with Crippen LogP contribution in [0.25, 0.3) is 17.1 Å². The van der Waals surface area contributed by atoms with E-state index in [1.54, 1.807) is 0 Å². The van der Waals surface area contributed by atoms with E-state index in [9.17, 15) is 13.2 Å². The number of halogens is 3. The molecule has 2 aromatic heterocycles. The van der Waals surface area contributed by atoms with Crippen LogP contribution in [0.4, 0.5) is 13.2 Å². The largest absolute Gasteiger partial charge is 0.432 e. The first kappa shape index (κ1) is 20.1. The van der Waals surface area contributed by atoms with Crippen molar-refractivity contribution < 1.29 is 17.6 Å². The Morgan fingerprint density at radius 2 is 1.86 bits per heavy atom. The smallest absolute Gasteiger partial charge is 0.306 e. The highest BCUT2D eigenvalue weighted by molar-refractivity contribution is 6.13. The van der Waals surface area contributed by atoms with Crippen LogP contribution in [0.15, 0.2) is 46.2 Å². The topological polar surface area (TPSA) is 117 Å². The molecule has 0 saturated carbocycles. The number of nitrogens with two attached hydrogens (primary N) is 1. The van der Waals surface area contributed by atoms with Gasteiger partial charge in [-0.3, -0.25) is 15.2 Å². The molecule has 0 atom stereocenters. The van der Waals surface area contributed by atoms with E-state index in [1.165, 1.54) is 29.0 Å². The van der Waals surface area contributed by atoms with Crippen molar-refractivity contribution in [3.05, 3.63) is 59.9 Å². The lowest BCUT2D eigenvalue weighted by molar-refractivity contribution is 0.496. The van der Waals surface area contributed by atoms with Crippen LogP contribution in [0, 0.1) is 34.2 Å². The molecule has 0 aliphatic heterocycles. The summed E-state index contributed by atoms with van der Waals surface area (Å²) in [5.74, 6) is -3.56. The van der Waals surface area contributed by atoms with Crippen molar-refractivity contribution in [2.24, 2.45) is 16.6 Å². The van der Waals surface area contributed by atoms with Gasteiger partial charge in [0, 0.05) is 23.7 Å². The molecule has 3 rings (SSSR count). The maximum atomic E-state index is 14.3. The summed E-state index contributed by atoms with van der Waals surface area (Å²) >= 11 is 0. The number of fused-ring (bicyclic) bond motifs is 1. The minimum Gasteiger partial charge on any atom is -0.432 e. The van der Waals surface area contributed by atoms with Crippen LogP contribution in [-0.2, 0) is 0 Å². The molecule has 7 nitrogen and oxygen atoms in total. The normalized spacial score (nSPS) is 12.4. The number of benzene rings is 1. The van der Waals surface area contributed by atoms with Crippen molar-refractivity contribution in [3.8, 4) is 11.3 Å². The Labute approximate surface area is 163 Å². The number of rotatable bonds is 5. The third kappa shape index (κ3) is 3.96. The van der Waals surface area contributed by atoms with E-state index in [0.29, 0.717) is 12.1 Å². The number of imidazole rings is 1. The van der Waals surface area contributed by atoms with Crippen LogP contribution < -0.4 is 5.73 Å². The summed E-state index contributed by atoms with van der Waals surface area (Å²) in [4.78, 5) is 7.99. The number of hydrogen-bond donors (Lipinski definition) is 3. The van der Waals surface area contributed by atoms with Gasteiger partial charge in [-0.2, -0.15) is 4.98 Å². The van der Waals surface area contributed by atoms with Gasteiger partial charge in [-0.1, -0.05) is 13.8 Å². The second kappa shape index (κ2) is 7.74. The Bertz CT molecular complexity index is 1170. The lowest BCUT2D eigenvalue weighted by Gasteiger charge is -2.05. The molecule has 0 amide bonds. The molecule has 0 aliphatic rings. The van der Waals surface area contributed by atoms with Crippen LogP contribution >= 0.6 is 0 Å². The Balaban J connectivity index is 2.05. The average molecular weight is 402 g/mol. The number of hydrogen-bond acceptors (Lipinski definition) is 4. The van der Waals surface area contributed by atoms with Gasteiger partial charge in [-0.25, -0.2) is 18.2 Å². The van der Waals surface area contributed by atoms with Gasteiger partial charge in [0.05, 0.1) is 5.71 Å². The van der Waals surface area contributed by atoms with Crippen molar-refractivity contribution >= 4 is 23.2 Å². The number of nitrogens with zero attached hydrogens (tertiary/aromatic N) is 3. The fraction of sp³-hybridized carbons (Fsp3) is 0.158. The summed E-state index contributed by atoms with van der Waals surface area (Å²) in [6.45, 7) is 3.64. The second-order valence-corrected chi connectivity index (χ2v) is 6.43. The SMILES string of the molecule is CC(C)C(N)=NC(=N)/C=C\C(=N)c1c(-c2cc(F)c(F)cc2F)nc2occn12. The van der Waals surface area contributed by atoms with Gasteiger partial charge in [0.2, 0.25) is 0 Å². The standard InChI is InChI=1S/C19H17F3N6O/c1-9(2)18(25)26-15(24)4-3-14(23)17-16(27-19-28(17)5-6-29-19)10-7-12(21)13(22)8-11(10)20/h3-9,23H,1-2H3,(H3,24,25,26)/b4-3-,23-14?. The zero-order valence-corrected chi connectivity index (χ0v) is 15.5. The summed E-state index contributed by atoms with van der Waals surface area (Å²) in [5, 5.41) is 16.2. The predicted molar refractivity (Wildman–Crippen MR) is 103 cm³/mol. The van der Waals surface area contributed by atoms with Crippen molar-refractivity contribution in [1.29, 1.82) is 10.8 Å². The molecule has 4 N–H and O–H groups in total. The van der Waals surface area contributed by atoms with Crippen LogP contribution in [0.3, 0.4) is 0 Å². The molecular weight excluding hydrogens is 385 g/mol. The fourth-order valence-corrected chi connectivity index (χ4v) is 2.48. The molecule has 3 aromatic rings. The maximum Gasteiger partial charge on any atom is 0.306 e. The van der Waals surface area contributed by atoms with E-state index in [1.807, 2.05) is 13.8 Å². The third-order valence-corrected chi connectivity index (χ3v) is 4.03. The monoisotopic (exact) mass is 402 g/mol. The first-order valence-electron chi connectivity index (χ1n) is 8.49. The quantitative estimate of drug-likeness (QED) is 0.341. The highest BCUT2D eigenvalue weighted by Crippen LogP contribution is 2.29. The Hall–Kier alpha value is -3.69. The lowest BCUT2D eigenvalue weighted by Crippen LogP contribution is -2.20. The zero-order chi connectivity index (χ0) is 21.3. The zero-order valence-electron chi connectivity index (χ0n) is 15.5. The highest BCUT2D eigenvalue weighted by Gasteiger charge is 2.22. The molecule has 150 valence electrons. The number of aliphatic imine (C=N–C) groups is 1. The van der Waals surface area contributed by atoms with Crippen LogP contribution in [0.2, 0.25) is 0 Å². The third-order valence-electron chi connectivity index (χ3n) is 4.03. The van der Waals surface area contributed by atoms with E-state index in [2.05, 4.69) is 9.98 Å².